The summed E-state index contributed by atoms with van der Waals surface area (Å²) in [5.41, 5.74) is 0.158. The Kier molecular flexibility index (Phi) is 3.15. The van der Waals surface area contributed by atoms with E-state index in [1.54, 1.807) is 17.9 Å². The van der Waals surface area contributed by atoms with E-state index in [1.807, 2.05) is 13.8 Å². The molecule has 1 fully saturated rings. The van der Waals surface area contributed by atoms with E-state index in [0.717, 1.165) is 0 Å². The molecule has 1 N–H and O–H groups in total. The minimum Gasteiger partial charge on any atom is -0.386 e. The molecule has 0 bridgehead atoms. The third-order valence-corrected chi connectivity index (χ3v) is 3.70. The van der Waals surface area contributed by atoms with Gasteiger partial charge in [-0.05, 0) is 36.6 Å². The van der Waals surface area contributed by atoms with Crippen molar-refractivity contribution in [3.05, 3.63) is 35.1 Å². The summed E-state index contributed by atoms with van der Waals surface area (Å²) in [7, 11) is 0. The maximum absolute atomic E-state index is 13.1. The zero-order valence-electron chi connectivity index (χ0n) is 10.9. The van der Waals surface area contributed by atoms with Crippen molar-refractivity contribution in [1.82, 2.24) is 4.90 Å². The van der Waals surface area contributed by atoms with Gasteiger partial charge in [0.25, 0.3) is 5.91 Å². The summed E-state index contributed by atoms with van der Waals surface area (Å²) in [5, 5.41) is 10.1. The number of aliphatic hydroxyl groups is 1. The van der Waals surface area contributed by atoms with Crippen molar-refractivity contribution in [2.75, 3.05) is 13.1 Å². The van der Waals surface area contributed by atoms with Gasteiger partial charge >= 0.3 is 0 Å². The molecular weight excluding hydrogens is 233 g/mol. The van der Waals surface area contributed by atoms with Gasteiger partial charge < -0.3 is 10.0 Å². The van der Waals surface area contributed by atoms with Crippen LogP contribution in [0.1, 0.15) is 29.8 Å². The normalized spacial score (nSPS) is 17.8. The van der Waals surface area contributed by atoms with Crippen molar-refractivity contribution >= 4 is 5.91 Å². The number of halogens is 1. The number of nitrogens with zero attached hydrogens (tertiary/aromatic N) is 1. The fraction of sp³-hybridized carbons (Fsp3) is 0.500. The molecule has 98 valence electrons. The van der Waals surface area contributed by atoms with E-state index in [9.17, 15) is 14.3 Å². The first-order valence-corrected chi connectivity index (χ1v) is 6.11. The number of likely N-dealkylation sites (tertiary alicyclic amines) is 1. The monoisotopic (exact) mass is 251 g/mol. The summed E-state index contributed by atoms with van der Waals surface area (Å²) in [6, 6.07) is 4.33. The predicted octanol–water partition coefficient (Wildman–Crippen LogP) is 1.98. The van der Waals surface area contributed by atoms with Crippen molar-refractivity contribution < 1.29 is 14.3 Å². The van der Waals surface area contributed by atoms with Gasteiger partial charge in [-0.1, -0.05) is 13.8 Å². The lowest BCUT2D eigenvalue weighted by molar-refractivity contribution is -0.110. The highest BCUT2D eigenvalue weighted by Crippen LogP contribution is 2.29. The number of hydrogen-bond acceptors (Lipinski definition) is 2. The highest BCUT2D eigenvalue weighted by Gasteiger charge is 2.45. The molecule has 0 radical (unpaired) electrons. The van der Waals surface area contributed by atoms with Crippen LogP contribution < -0.4 is 0 Å². The molecule has 4 heteroatoms. The molecule has 1 aromatic carbocycles. The number of benzene rings is 1. The second-order valence-electron chi connectivity index (χ2n) is 5.38. The Bertz CT molecular complexity index is 479. The van der Waals surface area contributed by atoms with Gasteiger partial charge in [0.1, 0.15) is 11.4 Å². The summed E-state index contributed by atoms with van der Waals surface area (Å²) in [6.45, 7) is 6.19. The molecule has 0 spiro atoms. The zero-order valence-corrected chi connectivity index (χ0v) is 10.9. The molecule has 1 aliphatic heterocycles. The van der Waals surface area contributed by atoms with E-state index in [-0.39, 0.29) is 17.6 Å². The second kappa shape index (κ2) is 4.35. The standard InChI is InChI=1S/C14H18FNO2/c1-9(2)14(18)7-16(8-14)13(17)11-4-5-12(15)10(3)6-11/h4-6,9,18H,7-8H2,1-3H3. The molecule has 0 aliphatic carbocycles. The van der Waals surface area contributed by atoms with Crippen molar-refractivity contribution in [2.24, 2.45) is 5.92 Å². The van der Waals surface area contributed by atoms with Crippen molar-refractivity contribution in [3.8, 4) is 0 Å². The average Bonchev–Trinajstić information content (AvgIpc) is 2.27. The van der Waals surface area contributed by atoms with E-state index in [1.165, 1.54) is 12.1 Å². The molecule has 3 nitrogen and oxygen atoms in total. The third-order valence-electron chi connectivity index (χ3n) is 3.70. The van der Waals surface area contributed by atoms with Crippen LogP contribution in [0.5, 0.6) is 0 Å². The lowest BCUT2D eigenvalue weighted by Gasteiger charge is -2.49. The topological polar surface area (TPSA) is 40.5 Å². The van der Waals surface area contributed by atoms with Crippen LogP contribution in [0.4, 0.5) is 4.39 Å². The molecule has 0 atom stereocenters. The maximum atomic E-state index is 13.1. The van der Waals surface area contributed by atoms with Crippen LogP contribution in [0.3, 0.4) is 0 Å². The highest BCUT2D eigenvalue weighted by molar-refractivity contribution is 5.95. The zero-order chi connectivity index (χ0) is 13.5. The van der Waals surface area contributed by atoms with Crippen LogP contribution >= 0.6 is 0 Å². The summed E-state index contributed by atoms with van der Waals surface area (Å²) in [5.74, 6) is -0.339. The SMILES string of the molecule is Cc1cc(C(=O)N2CC(O)(C(C)C)C2)ccc1F. The van der Waals surface area contributed by atoms with Gasteiger partial charge in [0.15, 0.2) is 0 Å². The Morgan fingerprint density at radius 1 is 1.44 bits per heavy atom. The fourth-order valence-corrected chi connectivity index (χ4v) is 2.08. The summed E-state index contributed by atoms with van der Waals surface area (Å²) < 4.78 is 13.1. The maximum Gasteiger partial charge on any atom is 0.254 e. The van der Waals surface area contributed by atoms with Crippen LogP contribution in [-0.2, 0) is 0 Å². The van der Waals surface area contributed by atoms with Gasteiger partial charge in [-0.3, -0.25) is 4.79 Å². The first kappa shape index (κ1) is 13.0. The molecule has 1 aliphatic rings. The molecule has 0 aromatic heterocycles. The largest absolute Gasteiger partial charge is 0.386 e. The second-order valence-corrected chi connectivity index (χ2v) is 5.38. The van der Waals surface area contributed by atoms with Crippen LogP contribution in [-0.4, -0.2) is 34.6 Å². The Morgan fingerprint density at radius 2 is 2.06 bits per heavy atom. The van der Waals surface area contributed by atoms with Crippen molar-refractivity contribution in [2.45, 2.75) is 26.4 Å². The lowest BCUT2D eigenvalue weighted by Crippen LogP contribution is -2.65. The molecule has 1 amide bonds. The molecular formula is C14H18FNO2. The molecule has 1 heterocycles. The number of β-amino-alcohol motifs (C(OH)–C–C–N with tert-alkyl or cyclic N) is 1. The Morgan fingerprint density at radius 3 is 2.56 bits per heavy atom. The van der Waals surface area contributed by atoms with Gasteiger partial charge in [0, 0.05) is 5.56 Å². The number of hydrogen-bond donors (Lipinski definition) is 1. The van der Waals surface area contributed by atoms with Crippen LogP contribution in [0.15, 0.2) is 18.2 Å². The van der Waals surface area contributed by atoms with Gasteiger partial charge in [-0.15, -0.1) is 0 Å². The Hall–Kier alpha value is -1.42. The summed E-state index contributed by atoms with van der Waals surface area (Å²) in [4.78, 5) is 13.7. The molecule has 18 heavy (non-hydrogen) atoms. The smallest absolute Gasteiger partial charge is 0.254 e. The van der Waals surface area contributed by atoms with Crippen molar-refractivity contribution in [1.29, 1.82) is 0 Å². The third kappa shape index (κ3) is 2.12. The van der Waals surface area contributed by atoms with Gasteiger partial charge in [0.2, 0.25) is 0 Å². The van der Waals surface area contributed by atoms with Crippen LogP contribution in [0.25, 0.3) is 0 Å². The number of aryl methyl sites for hydroxylation is 1. The Balaban J connectivity index is 2.08. The fourth-order valence-electron chi connectivity index (χ4n) is 2.08. The van der Waals surface area contributed by atoms with E-state index >= 15 is 0 Å². The molecule has 0 saturated carbocycles. The van der Waals surface area contributed by atoms with Crippen molar-refractivity contribution in [3.63, 3.8) is 0 Å². The van der Waals surface area contributed by atoms with Gasteiger partial charge in [-0.25, -0.2) is 4.39 Å². The minimum atomic E-state index is -0.773. The van der Waals surface area contributed by atoms with E-state index in [4.69, 9.17) is 0 Å². The molecule has 0 unspecified atom stereocenters. The number of carbonyl (C=O) groups is 1. The van der Waals surface area contributed by atoms with Gasteiger partial charge in [0.05, 0.1) is 13.1 Å². The first-order chi connectivity index (χ1) is 8.33. The minimum absolute atomic E-state index is 0.122. The van der Waals surface area contributed by atoms with E-state index < -0.39 is 5.60 Å². The average molecular weight is 251 g/mol. The molecule has 1 aromatic rings. The van der Waals surface area contributed by atoms with Crippen LogP contribution in [0.2, 0.25) is 0 Å². The molecule has 1 saturated heterocycles. The van der Waals surface area contributed by atoms with E-state index in [2.05, 4.69) is 0 Å². The highest BCUT2D eigenvalue weighted by atomic mass is 19.1. The van der Waals surface area contributed by atoms with E-state index in [0.29, 0.717) is 24.2 Å². The quantitative estimate of drug-likeness (QED) is 0.873. The summed E-state index contributed by atoms with van der Waals surface area (Å²) in [6.07, 6.45) is 0. The summed E-state index contributed by atoms with van der Waals surface area (Å²) >= 11 is 0. The number of amides is 1. The lowest BCUT2D eigenvalue weighted by atomic mass is 9.82. The van der Waals surface area contributed by atoms with Gasteiger partial charge in [-0.2, -0.15) is 0 Å². The predicted molar refractivity (Wildman–Crippen MR) is 66.8 cm³/mol. The number of rotatable bonds is 2. The van der Waals surface area contributed by atoms with Crippen LogP contribution in [0, 0.1) is 18.7 Å². The first-order valence-electron chi connectivity index (χ1n) is 6.11. The molecule has 2 rings (SSSR count). The Labute approximate surface area is 106 Å². The number of carbonyl (C=O) groups excluding carboxylic acids is 1.